The van der Waals surface area contributed by atoms with E-state index in [4.69, 9.17) is 4.74 Å². The maximum atomic E-state index is 13.4. The molecule has 1 aliphatic rings. The van der Waals surface area contributed by atoms with E-state index in [1.54, 1.807) is 48.2 Å². The van der Waals surface area contributed by atoms with Crippen LogP contribution in [0.25, 0.3) is 11.1 Å². The van der Waals surface area contributed by atoms with Gasteiger partial charge in [0.05, 0.1) is 19.2 Å². The van der Waals surface area contributed by atoms with Gasteiger partial charge in [0, 0.05) is 38.2 Å². The van der Waals surface area contributed by atoms with E-state index in [-0.39, 0.29) is 41.6 Å². The minimum Gasteiger partial charge on any atom is -0.472 e. The smallest absolute Gasteiger partial charge is 0.259 e. The number of hydrogen-bond acceptors (Lipinski definition) is 5. The molecular weight excluding hydrogens is 401 g/mol. The quantitative estimate of drug-likeness (QED) is 0.790. The predicted octanol–water partition coefficient (Wildman–Crippen LogP) is 2.59. The molecule has 0 fully saturated rings. The number of aliphatic hydroxyl groups is 1. The fraction of sp³-hybridized carbons (Fsp3) is 0.435. The van der Waals surface area contributed by atoms with E-state index < -0.39 is 12.1 Å². The van der Waals surface area contributed by atoms with E-state index in [1.165, 1.54) is 19.1 Å². The second kappa shape index (κ2) is 9.43. The maximum Gasteiger partial charge on any atom is 0.259 e. The van der Waals surface area contributed by atoms with Crippen LogP contribution in [0.3, 0.4) is 0 Å². The first-order valence-corrected chi connectivity index (χ1v) is 10.3. The number of benzene rings is 1. The van der Waals surface area contributed by atoms with Crippen molar-refractivity contribution in [2.24, 2.45) is 5.92 Å². The fourth-order valence-corrected chi connectivity index (χ4v) is 3.52. The number of carbonyl (C=O) groups is 2. The largest absolute Gasteiger partial charge is 0.472 e. The summed E-state index contributed by atoms with van der Waals surface area (Å²) in [6.07, 6.45) is 1.19. The molecule has 0 unspecified atom stereocenters. The van der Waals surface area contributed by atoms with Crippen LogP contribution in [0.15, 0.2) is 36.5 Å². The highest BCUT2D eigenvalue weighted by Crippen LogP contribution is 2.30. The first-order chi connectivity index (χ1) is 14.7. The molecule has 0 saturated heterocycles. The molecule has 0 aliphatic carbocycles. The fourth-order valence-electron chi connectivity index (χ4n) is 3.52. The van der Waals surface area contributed by atoms with Gasteiger partial charge >= 0.3 is 0 Å². The lowest BCUT2D eigenvalue weighted by Crippen LogP contribution is -2.50. The lowest BCUT2D eigenvalue weighted by molar-refractivity contribution is -0.129. The van der Waals surface area contributed by atoms with Crippen LogP contribution in [-0.2, 0) is 4.79 Å². The van der Waals surface area contributed by atoms with Gasteiger partial charge in [0.25, 0.3) is 5.91 Å². The van der Waals surface area contributed by atoms with Crippen LogP contribution in [0, 0.1) is 11.7 Å². The number of aliphatic hydroxyl groups excluding tert-OH is 1. The van der Waals surface area contributed by atoms with Gasteiger partial charge < -0.3 is 19.6 Å². The van der Waals surface area contributed by atoms with Crippen molar-refractivity contribution >= 4 is 11.8 Å². The zero-order valence-corrected chi connectivity index (χ0v) is 18.2. The molecule has 2 aromatic rings. The average Bonchev–Trinajstić information content (AvgIpc) is 2.75. The maximum absolute atomic E-state index is 13.4. The van der Waals surface area contributed by atoms with Crippen LogP contribution in [-0.4, -0.2) is 70.6 Å². The number of pyridine rings is 1. The third-order valence-electron chi connectivity index (χ3n) is 5.69. The molecule has 0 saturated carbocycles. The summed E-state index contributed by atoms with van der Waals surface area (Å²) in [6.45, 7) is 5.72. The lowest BCUT2D eigenvalue weighted by Gasteiger charge is -2.37. The summed E-state index contributed by atoms with van der Waals surface area (Å²) in [4.78, 5) is 32.7. The summed E-state index contributed by atoms with van der Waals surface area (Å²) < 4.78 is 19.4. The van der Waals surface area contributed by atoms with Crippen molar-refractivity contribution in [2.45, 2.75) is 32.9 Å². The first-order valence-electron chi connectivity index (χ1n) is 10.3. The summed E-state index contributed by atoms with van der Waals surface area (Å²) in [5.41, 5.74) is 1.64. The van der Waals surface area contributed by atoms with Gasteiger partial charge in [0.15, 0.2) is 0 Å². The van der Waals surface area contributed by atoms with Gasteiger partial charge in [-0.2, -0.15) is 0 Å². The Morgan fingerprint density at radius 1 is 1.35 bits per heavy atom. The van der Waals surface area contributed by atoms with Crippen molar-refractivity contribution in [1.82, 2.24) is 14.8 Å². The number of halogens is 1. The summed E-state index contributed by atoms with van der Waals surface area (Å²) >= 11 is 0. The highest BCUT2D eigenvalue weighted by Gasteiger charge is 2.34. The van der Waals surface area contributed by atoms with Crippen molar-refractivity contribution in [3.63, 3.8) is 0 Å². The molecule has 1 aliphatic heterocycles. The Balaban J connectivity index is 2.05. The Morgan fingerprint density at radius 2 is 2.03 bits per heavy atom. The number of rotatable bonds is 5. The number of likely N-dealkylation sites (N-methyl/N-ethyl adjacent to an activating group) is 1. The lowest BCUT2D eigenvalue weighted by atomic mass is 9.99. The molecule has 7 nitrogen and oxygen atoms in total. The summed E-state index contributed by atoms with van der Waals surface area (Å²) in [6, 6.07) is 7.21. The molecule has 2 amide bonds. The molecular formula is C23H28FN3O4. The average molecular weight is 429 g/mol. The number of aromatic nitrogens is 1. The highest BCUT2D eigenvalue weighted by atomic mass is 19.1. The third-order valence-corrected chi connectivity index (χ3v) is 5.69. The molecule has 8 heteroatoms. The standard InChI is InChI=1S/C23H28FN3O4/c1-14-11-27(15(2)13-28)23(30)20-9-18(17-5-7-19(24)8-6-17)10-25-22(20)31-21(14)12-26(4)16(3)29/h5-10,14-15,21,28H,11-13H2,1-4H3/t14-,15+,21-/m0/s1. The van der Waals surface area contributed by atoms with Gasteiger partial charge in [-0.15, -0.1) is 0 Å². The molecule has 2 heterocycles. The molecule has 1 aromatic carbocycles. The van der Waals surface area contributed by atoms with Gasteiger partial charge in [-0.05, 0) is 30.7 Å². The van der Waals surface area contributed by atoms with E-state index in [2.05, 4.69) is 4.98 Å². The van der Waals surface area contributed by atoms with Gasteiger partial charge in [-0.25, -0.2) is 9.37 Å². The number of nitrogens with zero attached hydrogens (tertiary/aromatic N) is 3. The van der Waals surface area contributed by atoms with Crippen LogP contribution >= 0.6 is 0 Å². The molecule has 3 rings (SSSR count). The molecule has 0 spiro atoms. The van der Waals surface area contributed by atoms with E-state index in [0.717, 1.165) is 5.56 Å². The highest BCUT2D eigenvalue weighted by molar-refractivity contribution is 5.98. The number of carbonyl (C=O) groups excluding carboxylic acids is 2. The minimum absolute atomic E-state index is 0.0886. The zero-order valence-electron chi connectivity index (χ0n) is 18.2. The Kier molecular flexibility index (Phi) is 6.90. The SMILES string of the molecule is CC(=O)N(C)C[C@@H]1Oc2ncc(-c3ccc(F)cc3)cc2C(=O)N([C@H](C)CO)C[C@@H]1C. The van der Waals surface area contributed by atoms with Crippen LogP contribution in [0.2, 0.25) is 0 Å². The monoisotopic (exact) mass is 429 g/mol. The van der Waals surface area contributed by atoms with Crippen LogP contribution in [0.4, 0.5) is 4.39 Å². The van der Waals surface area contributed by atoms with Gasteiger partial charge in [0.1, 0.15) is 17.5 Å². The van der Waals surface area contributed by atoms with Crippen molar-refractivity contribution in [1.29, 1.82) is 0 Å². The summed E-state index contributed by atoms with van der Waals surface area (Å²) in [5.74, 6) is -0.657. The molecule has 0 radical (unpaired) electrons. The van der Waals surface area contributed by atoms with Crippen molar-refractivity contribution in [2.75, 3.05) is 26.7 Å². The topological polar surface area (TPSA) is 83.0 Å². The minimum atomic E-state index is -0.401. The second-order valence-electron chi connectivity index (χ2n) is 8.11. The molecule has 0 bridgehead atoms. The Labute approximate surface area is 181 Å². The number of fused-ring (bicyclic) bond motifs is 1. The number of amides is 2. The summed E-state index contributed by atoms with van der Waals surface area (Å²) in [7, 11) is 1.70. The number of hydrogen-bond donors (Lipinski definition) is 1. The molecule has 166 valence electrons. The van der Waals surface area contributed by atoms with Crippen molar-refractivity contribution in [3.8, 4) is 17.0 Å². The van der Waals surface area contributed by atoms with Crippen LogP contribution in [0.1, 0.15) is 31.1 Å². The molecule has 1 N–H and O–H groups in total. The molecule has 31 heavy (non-hydrogen) atoms. The van der Waals surface area contributed by atoms with Crippen molar-refractivity contribution in [3.05, 3.63) is 47.9 Å². The molecule has 3 atom stereocenters. The Morgan fingerprint density at radius 3 is 2.65 bits per heavy atom. The van der Waals surface area contributed by atoms with Crippen LogP contribution in [0.5, 0.6) is 5.88 Å². The van der Waals surface area contributed by atoms with E-state index in [1.807, 2.05) is 6.92 Å². The summed E-state index contributed by atoms with van der Waals surface area (Å²) in [5, 5.41) is 9.71. The zero-order chi connectivity index (χ0) is 22.7. The number of ether oxygens (including phenoxy) is 1. The van der Waals surface area contributed by atoms with E-state index in [9.17, 15) is 19.1 Å². The van der Waals surface area contributed by atoms with E-state index in [0.29, 0.717) is 18.7 Å². The third kappa shape index (κ3) is 5.02. The van der Waals surface area contributed by atoms with Gasteiger partial charge in [-0.3, -0.25) is 9.59 Å². The second-order valence-corrected chi connectivity index (χ2v) is 8.11. The normalized spacial score (nSPS) is 19.7. The van der Waals surface area contributed by atoms with Gasteiger partial charge in [-0.1, -0.05) is 19.1 Å². The van der Waals surface area contributed by atoms with E-state index >= 15 is 0 Å². The molecule has 1 aromatic heterocycles. The van der Waals surface area contributed by atoms with Crippen LogP contribution < -0.4 is 4.74 Å². The Bertz CT molecular complexity index is 950. The first kappa shape index (κ1) is 22.7. The predicted molar refractivity (Wildman–Crippen MR) is 114 cm³/mol. The van der Waals surface area contributed by atoms with Crippen molar-refractivity contribution < 1.29 is 23.8 Å². The Hall–Kier alpha value is -3.00. The van der Waals surface area contributed by atoms with Gasteiger partial charge in [0.2, 0.25) is 11.8 Å².